The van der Waals surface area contributed by atoms with Gasteiger partial charge in [-0.15, -0.1) is 0 Å². The van der Waals surface area contributed by atoms with Gasteiger partial charge in [-0.3, -0.25) is 0 Å². The molecule has 0 aliphatic heterocycles. The summed E-state index contributed by atoms with van der Waals surface area (Å²) in [6.45, 7) is 4.65. The van der Waals surface area contributed by atoms with Crippen LogP contribution in [0.2, 0.25) is 34.3 Å². The second kappa shape index (κ2) is 10.3. The zero-order valence-electron chi connectivity index (χ0n) is 19.2. The molecule has 0 saturated heterocycles. The Balaban J connectivity index is 1.82. The lowest BCUT2D eigenvalue weighted by Crippen LogP contribution is -2.58. The van der Waals surface area contributed by atoms with Gasteiger partial charge in [0.2, 0.25) is 16.6 Å². The highest BCUT2D eigenvalue weighted by atomic mass is 28.4. The minimum atomic E-state index is -2.19. The van der Waals surface area contributed by atoms with Crippen molar-refractivity contribution in [2.24, 2.45) is 0 Å². The van der Waals surface area contributed by atoms with E-state index in [0.29, 0.717) is 22.2 Å². The van der Waals surface area contributed by atoms with Gasteiger partial charge in [-0.2, -0.15) is 0 Å². The normalized spacial score (nSPS) is 21.2. The van der Waals surface area contributed by atoms with Crippen LogP contribution in [0.15, 0.2) is 97.2 Å². The fourth-order valence-corrected chi connectivity index (χ4v) is 19.1. The Kier molecular flexibility index (Phi) is 7.47. The molecule has 0 unspecified atom stereocenters. The van der Waals surface area contributed by atoms with Crippen LogP contribution in [0.4, 0.5) is 0 Å². The third-order valence-electron chi connectivity index (χ3n) is 7.47. The fourth-order valence-electron chi connectivity index (χ4n) is 5.78. The quantitative estimate of drug-likeness (QED) is 0.273. The predicted octanol–water partition coefficient (Wildman–Crippen LogP) is 8.48. The van der Waals surface area contributed by atoms with Crippen LogP contribution in [0.25, 0.3) is 0 Å². The maximum Gasteiger partial charge on any atom is 0.201 e. The largest absolute Gasteiger partial charge is 0.452 e. The molecule has 4 aliphatic rings. The maximum atomic E-state index is 8.03. The van der Waals surface area contributed by atoms with Gasteiger partial charge in [0.1, 0.15) is 0 Å². The second-order valence-corrected chi connectivity index (χ2v) is 17.7. The zero-order valence-corrected chi connectivity index (χ0v) is 21.2. The molecule has 4 rings (SSSR count). The monoisotopic (exact) mass is 446 g/mol. The molecular weight excluding hydrogens is 408 g/mol. The Bertz CT molecular complexity index is 680. The first-order valence-corrected chi connectivity index (χ1v) is 16.9. The molecule has 0 bridgehead atoms. The molecule has 0 saturated carbocycles. The highest BCUT2D eigenvalue weighted by Gasteiger charge is 2.56. The van der Waals surface area contributed by atoms with Crippen LogP contribution in [0.1, 0.15) is 39.5 Å². The van der Waals surface area contributed by atoms with Crippen molar-refractivity contribution in [1.82, 2.24) is 0 Å². The van der Waals surface area contributed by atoms with E-state index >= 15 is 0 Å². The van der Waals surface area contributed by atoms with Crippen molar-refractivity contribution >= 4 is 16.6 Å². The van der Waals surface area contributed by atoms with Gasteiger partial charge in [-0.1, -0.05) is 137 Å². The third kappa shape index (κ3) is 4.46. The summed E-state index contributed by atoms with van der Waals surface area (Å²) in [5.74, 6) is 0. The van der Waals surface area contributed by atoms with Gasteiger partial charge in [0.25, 0.3) is 0 Å². The standard InChI is InChI=1S/C28H38OSi2/c1-3-5-23-30(25-15-7-8-16-25,26-17-9-10-18-26)29-31(24-6-4-2,27-19-11-12-20-27)28-21-13-14-22-28/h7-22,25-28H,3-6,23-24H2,1-2H3. The molecule has 4 aliphatic carbocycles. The molecule has 0 amide bonds. The van der Waals surface area contributed by atoms with Crippen LogP contribution in [0, 0.1) is 0 Å². The van der Waals surface area contributed by atoms with Crippen molar-refractivity contribution in [3.05, 3.63) is 97.2 Å². The van der Waals surface area contributed by atoms with Crippen LogP contribution in [-0.2, 0) is 4.12 Å². The molecule has 1 nitrogen and oxygen atoms in total. The van der Waals surface area contributed by atoms with Crippen molar-refractivity contribution in [2.45, 2.75) is 73.8 Å². The summed E-state index contributed by atoms with van der Waals surface area (Å²) >= 11 is 0. The number of unbranched alkanes of at least 4 members (excludes halogenated alkanes) is 2. The highest BCUT2D eigenvalue weighted by molar-refractivity contribution is 6.91. The smallest absolute Gasteiger partial charge is 0.201 e. The molecule has 0 N–H and O–H groups in total. The van der Waals surface area contributed by atoms with Gasteiger partial charge in [0.05, 0.1) is 0 Å². The molecule has 0 aromatic carbocycles. The SMILES string of the molecule is CCCC[Si](O[Si](CCCC)(C1C=CC=C1)C1C=CC=C1)(C1C=CC=C1)C1C=CC=C1. The maximum absolute atomic E-state index is 8.03. The minimum Gasteiger partial charge on any atom is -0.452 e. The van der Waals surface area contributed by atoms with Crippen LogP contribution < -0.4 is 0 Å². The van der Waals surface area contributed by atoms with E-state index in [4.69, 9.17) is 4.12 Å². The van der Waals surface area contributed by atoms with Gasteiger partial charge in [-0.25, -0.2) is 0 Å². The number of allylic oxidation sites excluding steroid dienone is 16. The van der Waals surface area contributed by atoms with Crippen molar-refractivity contribution in [3.8, 4) is 0 Å². The van der Waals surface area contributed by atoms with Crippen LogP contribution >= 0.6 is 0 Å². The average Bonchev–Trinajstić information content (AvgIpc) is 3.62. The molecule has 31 heavy (non-hydrogen) atoms. The Morgan fingerprint density at radius 3 is 0.968 bits per heavy atom. The molecule has 0 radical (unpaired) electrons. The van der Waals surface area contributed by atoms with Crippen molar-refractivity contribution in [3.63, 3.8) is 0 Å². The lowest BCUT2D eigenvalue weighted by atomic mass is 10.4. The number of hydrogen-bond donors (Lipinski definition) is 0. The lowest BCUT2D eigenvalue weighted by molar-refractivity contribution is 0.479. The lowest BCUT2D eigenvalue weighted by Gasteiger charge is -2.50. The van der Waals surface area contributed by atoms with E-state index < -0.39 is 16.6 Å². The van der Waals surface area contributed by atoms with E-state index in [-0.39, 0.29) is 0 Å². The molecule has 0 aromatic rings. The summed E-state index contributed by atoms with van der Waals surface area (Å²) in [6, 6.07) is 2.48. The Hall–Kier alpha value is -1.69. The molecule has 0 aromatic heterocycles. The van der Waals surface area contributed by atoms with Crippen LogP contribution in [-0.4, -0.2) is 16.6 Å². The van der Waals surface area contributed by atoms with E-state index in [1.165, 1.54) is 37.8 Å². The Morgan fingerprint density at radius 2 is 0.742 bits per heavy atom. The van der Waals surface area contributed by atoms with E-state index in [0.717, 1.165) is 0 Å². The molecular formula is C28H38OSi2. The molecule has 0 spiro atoms. The van der Waals surface area contributed by atoms with Gasteiger partial charge >= 0.3 is 0 Å². The van der Waals surface area contributed by atoms with Crippen molar-refractivity contribution in [1.29, 1.82) is 0 Å². The zero-order chi connectivity index (χ0) is 21.6. The summed E-state index contributed by atoms with van der Waals surface area (Å²) in [7, 11) is -4.38. The summed E-state index contributed by atoms with van der Waals surface area (Å²) < 4.78 is 8.03. The third-order valence-corrected chi connectivity index (χ3v) is 18.8. The molecule has 164 valence electrons. The van der Waals surface area contributed by atoms with Gasteiger partial charge in [-0.05, 0) is 12.1 Å². The summed E-state index contributed by atoms with van der Waals surface area (Å²) in [4.78, 5) is 0. The van der Waals surface area contributed by atoms with E-state index in [9.17, 15) is 0 Å². The first-order chi connectivity index (χ1) is 15.2. The first-order valence-electron chi connectivity index (χ1n) is 12.4. The molecule has 0 atom stereocenters. The highest BCUT2D eigenvalue weighted by Crippen LogP contribution is 2.53. The summed E-state index contributed by atoms with van der Waals surface area (Å²) in [5, 5.41) is 0. The molecule has 3 heteroatoms. The molecule has 0 fully saturated rings. The fraction of sp³-hybridized carbons (Fsp3) is 0.429. The second-order valence-electron chi connectivity index (χ2n) is 9.40. The van der Waals surface area contributed by atoms with Crippen LogP contribution in [0.3, 0.4) is 0 Å². The number of rotatable bonds is 12. The van der Waals surface area contributed by atoms with Gasteiger partial charge in [0, 0.05) is 22.2 Å². The van der Waals surface area contributed by atoms with E-state index in [1.54, 1.807) is 0 Å². The predicted molar refractivity (Wildman–Crippen MR) is 140 cm³/mol. The van der Waals surface area contributed by atoms with Crippen molar-refractivity contribution < 1.29 is 4.12 Å². The van der Waals surface area contributed by atoms with E-state index in [1.807, 2.05) is 0 Å². The number of hydrogen-bond acceptors (Lipinski definition) is 1. The minimum absolute atomic E-state index is 0.466. The summed E-state index contributed by atoms with van der Waals surface area (Å²) in [6.07, 6.45) is 42.6. The van der Waals surface area contributed by atoms with Crippen LogP contribution in [0.5, 0.6) is 0 Å². The van der Waals surface area contributed by atoms with Crippen molar-refractivity contribution in [2.75, 3.05) is 0 Å². The van der Waals surface area contributed by atoms with E-state index in [2.05, 4.69) is 111 Å². The Labute approximate surface area is 191 Å². The Morgan fingerprint density at radius 1 is 0.484 bits per heavy atom. The summed E-state index contributed by atoms with van der Waals surface area (Å²) in [5.41, 5.74) is 1.87. The molecule has 0 heterocycles. The average molecular weight is 447 g/mol. The topological polar surface area (TPSA) is 9.23 Å². The first kappa shape index (κ1) is 22.5. The van der Waals surface area contributed by atoms with Gasteiger partial charge in [0.15, 0.2) is 0 Å². The van der Waals surface area contributed by atoms with Gasteiger partial charge < -0.3 is 4.12 Å².